The lowest BCUT2D eigenvalue weighted by atomic mass is 9.76. The van der Waals surface area contributed by atoms with E-state index >= 15 is 0 Å². The predicted octanol–water partition coefficient (Wildman–Crippen LogP) is 3.95. The monoisotopic (exact) mass is 404 g/mol. The number of rotatable bonds is 1. The Hall–Kier alpha value is -1.41. The summed E-state index contributed by atoms with van der Waals surface area (Å²) in [6, 6.07) is 5.90. The van der Waals surface area contributed by atoms with Gasteiger partial charge in [0.15, 0.2) is 0 Å². The van der Waals surface area contributed by atoms with Crippen LogP contribution in [0.5, 0.6) is 0 Å². The highest BCUT2D eigenvalue weighted by Gasteiger charge is 2.68. The third kappa shape index (κ3) is 2.65. The molecule has 1 fully saturated rings. The van der Waals surface area contributed by atoms with Gasteiger partial charge in [-0.05, 0) is 49.4 Å². The number of hydrogen-bond acceptors (Lipinski definition) is 3. The fourth-order valence-corrected chi connectivity index (χ4v) is 3.59. The molecular formula is C16H16BrF3N2O2. The van der Waals surface area contributed by atoms with Crippen molar-refractivity contribution in [1.82, 2.24) is 5.01 Å². The fourth-order valence-electron chi connectivity index (χ4n) is 3.33. The van der Waals surface area contributed by atoms with Crippen LogP contribution in [0.1, 0.15) is 36.5 Å². The molecule has 1 saturated carbocycles. The number of carbonyl (C=O) groups is 1. The van der Waals surface area contributed by atoms with Crippen molar-refractivity contribution in [2.45, 2.75) is 38.1 Å². The lowest BCUT2D eigenvalue weighted by molar-refractivity contribution is -0.313. The maximum Gasteiger partial charge on any atom is 0.439 e. The zero-order valence-electron chi connectivity index (χ0n) is 12.8. The Morgan fingerprint density at radius 3 is 2.58 bits per heavy atom. The first-order valence-corrected chi connectivity index (χ1v) is 8.40. The van der Waals surface area contributed by atoms with Gasteiger partial charge in [-0.2, -0.15) is 23.3 Å². The van der Waals surface area contributed by atoms with Crippen LogP contribution < -0.4 is 0 Å². The second-order valence-corrected chi connectivity index (χ2v) is 7.29. The van der Waals surface area contributed by atoms with E-state index in [1.165, 1.54) is 12.1 Å². The highest BCUT2D eigenvalue weighted by molar-refractivity contribution is 9.10. The standard InChI is InChI=1S/C16H16BrF3N2O2/c1-9-2-7-13-12(8-9)15(24,16(18,19)20)22(21-13)14(23)10-3-5-11(17)6-4-10/h3-6,9,12,24H,2,7-8H2,1H3. The van der Waals surface area contributed by atoms with Gasteiger partial charge in [-0.25, -0.2) is 0 Å². The number of halogens is 4. The van der Waals surface area contributed by atoms with E-state index in [1.807, 2.05) is 6.92 Å². The Morgan fingerprint density at radius 1 is 1.38 bits per heavy atom. The van der Waals surface area contributed by atoms with E-state index in [0.717, 1.165) is 0 Å². The van der Waals surface area contributed by atoms with E-state index in [1.54, 1.807) is 12.1 Å². The van der Waals surface area contributed by atoms with Crippen molar-refractivity contribution >= 4 is 27.5 Å². The van der Waals surface area contributed by atoms with Crippen molar-refractivity contribution in [1.29, 1.82) is 0 Å². The molecule has 0 radical (unpaired) electrons. The summed E-state index contributed by atoms with van der Waals surface area (Å²) in [4.78, 5) is 12.6. The van der Waals surface area contributed by atoms with Gasteiger partial charge in [-0.15, -0.1) is 0 Å². The molecule has 1 N–H and O–H groups in total. The Bertz CT molecular complexity index is 690. The number of alkyl halides is 3. The summed E-state index contributed by atoms with van der Waals surface area (Å²) < 4.78 is 41.8. The van der Waals surface area contributed by atoms with E-state index in [9.17, 15) is 23.1 Å². The number of aliphatic hydroxyl groups is 1. The van der Waals surface area contributed by atoms with Crippen molar-refractivity contribution in [2.75, 3.05) is 0 Å². The Balaban J connectivity index is 2.03. The van der Waals surface area contributed by atoms with E-state index in [4.69, 9.17) is 0 Å². The van der Waals surface area contributed by atoms with Crippen LogP contribution >= 0.6 is 15.9 Å². The number of hydrogen-bond donors (Lipinski definition) is 1. The molecule has 0 bridgehead atoms. The topological polar surface area (TPSA) is 52.9 Å². The molecule has 3 rings (SSSR count). The molecule has 1 aromatic carbocycles. The van der Waals surface area contributed by atoms with Crippen molar-refractivity contribution < 1.29 is 23.1 Å². The number of amides is 1. The molecule has 130 valence electrons. The van der Waals surface area contributed by atoms with Gasteiger partial charge in [-0.3, -0.25) is 4.79 Å². The van der Waals surface area contributed by atoms with Crippen molar-refractivity contribution in [3.63, 3.8) is 0 Å². The van der Waals surface area contributed by atoms with Crippen LogP contribution in [0, 0.1) is 11.8 Å². The zero-order valence-corrected chi connectivity index (χ0v) is 14.4. The van der Waals surface area contributed by atoms with Gasteiger partial charge in [0.05, 0.1) is 5.92 Å². The van der Waals surface area contributed by atoms with E-state index in [2.05, 4.69) is 21.0 Å². The van der Waals surface area contributed by atoms with Gasteiger partial charge in [0.1, 0.15) is 0 Å². The summed E-state index contributed by atoms with van der Waals surface area (Å²) in [5.74, 6) is -2.14. The lowest BCUT2D eigenvalue weighted by Gasteiger charge is -2.39. The first kappa shape index (κ1) is 17.4. The highest BCUT2D eigenvalue weighted by atomic mass is 79.9. The number of hydrazone groups is 1. The van der Waals surface area contributed by atoms with Gasteiger partial charge in [0.2, 0.25) is 0 Å². The van der Waals surface area contributed by atoms with Gasteiger partial charge in [0, 0.05) is 15.7 Å². The molecule has 1 aliphatic heterocycles. The lowest BCUT2D eigenvalue weighted by Crippen LogP contribution is -2.61. The maximum absolute atomic E-state index is 13.7. The first-order valence-electron chi connectivity index (χ1n) is 7.61. The molecule has 24 heavy (non-hydrogen) atoms. The number of nitrogens with zero attached hydrogens (tertiary/aromatic N) is 2. The smallest absolute Gasteiger partial charge is 0.362 e. The minimum Gasteiger partial charge on any atom is -0.362 e. The van der Waals surface area contributed by atoms with E-state index in [-0.39, 0.29) is 28.6 Å². The normalized spacial score (nSPS) is 30.1. The minimum absolute atomic E-state index is 0.0329. The number of benzene rings is 1. The molecule has 3 unspecified atom stereocenters. The molecular weight excluding hydrogens is 389 g/mol. The quantitative estimate of drug-likeness (QED) is 0.770. The maximum atomic E-state index is 13.7. The molecule has 0 spiro atoms. The second-order valence-electron chi connectivity index (χ2n) is 6.37. The number of fused-ring (bicyclic) bond motifs is 1. The van der Waals surface area contributed by atoms with Crippen molar-refractivity contribution in [3.8, 4) is 0 Å². The van der Waals surface area contributed by atoms with Crippen molar-refractivity contribution in [3.05, 3.63) is 34.3 Å². The minimum atomic E-state index is -5.00. The van der Waals surface area contributed by atoms with Crippen LogP contribution in [0.2, 0.25) is 0 Å². The highest BCUT2D eigenvalue weighted by Crippen LogP contribution is 2.49. The van der Waals surface area contributed by atoms with Crippen LogP contribution in [0.3, 0.4) is 0 Å². The SMILES string of the molecule is CC1CCC2=NN(C(=O)c3ccc(Br)cc3)C(O)(C(F)(F)F)C2C1. The third-order valence-electron chi connectivity index (χ3n) is 4.67. The molecule has 1 amide bonds. The Labute approximate surface area is 145 Å². The first-order chi connectivity index (χ1) is 11.1. The Kier molecular flexibility index (Phi) is 4.24. The summed E-state index contributed by atoms with van der Waals surface area (Å²) in [7, 11) is 0. The third-order valence-corrected chi connectivity index (χ3v) is 5.20. The van der Waals surface area contributed by atoms with Crippen LogP contribution in [-0.4, -0.2) is 33.6 Å². The average molecular weight is 405 g/mol. The molecule has 1 heterocycles. The second kappa shape index (κ2) is 5.84. The fraction of sp³-hybridized carbons (Fsp3) is 0.500. The van der Waals surface area contributed by atoms with Gasteiger partial charge in [-0.1, -0.05) is 22.9 Å². The molecule has 4 nitrogen and oxygen atoms in total. The van der Waals surface area contributed by atoms with Crippen LogP contribution in [0.25, 0.3) is 0 Å². The molecule has 0 saturated heterocycles. The van der Waals surface area contributed by atoms with Gasteiger partial charge >= 0.3 is 6.18 Å². The van der Waals surface area contributed by atoms with Crippen LogP contribution in [0.15, 0.2) is 33.8 Å². The molecule has 1 aliphatic carbocycles. The average Bonchev–Trinajstić information content (AvgIpc) is 2.81. The van der Waals surface area contributed by atoms with Crippen molar-refractivity contribution in [2.24, 2.45) is 16.9 Å². The molecule has 3 atom stereocenters. The van der Waals surface area contributed by atoms with Crippen LogP contribution in [-0.2, 0) is 0 Å². The summed E-state index contributed by atoms with van der Waals surface area (Å²) >= 11 is 3.21. The van der Waals surface area contributed by atoms with Crippen LogP contribution in [0.4, 0.5) is 13.2 Å². The zero-order chi connectivity index (χ0) is 17.7. The summed E-state index contributed by atoms with van der Waals surface area (Å²) in [6.45, 7) is 1.84. The summed E-state index contributed by atoms with van der Waals surface area (Å²) in [5.41, 5.74) is -3.00. The summed E-state index contributed by atoms with van der Waals surface area (Å²) in [5, 5.41) is 14.7. The largest absolute Gasteiger partial charge is 0.439 e. The van der Waals surface area contributed by atoms with Gasteiger partial charge < -0.3 is 5.11 Å². The molecule has 1 aromatic rings. The number of carbonyl (C=O) groups excluding carboxylic acids is 1. The van der Waals surface area contributed by atoms with E-state index < -0.39 is 23.7 Å². The summed E-state index contributed by atoms with van der Waals surface area (Å²) in [6.07, 6.45) is -3.79. The molecule has 0 aromatic heterocycles. The van der Waals surface area contributed by atoms with Gasteiger partial charge in [0.25, 0.3) is 11.6 Å². The molecule has 8 heteroatoms. The van der Waals surface area contributed by atoms with E-state index in [0.29, 0.717) is 17.3 Å². The Morgan fingerprint density at radius 2 is 2.00 bits per heavy atom. The molecule has 2 aliphatic rings. The predicted molar refractivity (Wildman–Crippen MR) is 85.3 cm³/mol.